The first-order chi connectivity index (χ1) is 16.6. The molecule has 3 heterocycles. The number of aromatic nitrogens is 4. The Balaban J connectivity index is 1.37. The number of nitrogens with zero attached hydrogens (tertiary/aromatic N) is 4. The van der Waals surface area contributed by atoms with Crippen LogP contribution in [0, 0.1) is 6.92 Å². The molecule has 168 valence electrons. The molecule has 0 saturated carbocycles. The lowest BCUT2D eigenvalue weighted by atomic mass is 10.2. The first-order valence-electron chi connectivity index (χ1n) is 10.5. The quantitative estimate of drug-likeness (QED) is 0.410. The number of amides is 1. The maximum Gasteiger partial charge on any atom is 0.291 e. The maximum absolute atomic E-state index is 12.9. The Hall–Kier alpha value is -4.37. The van der Waals surface area contributed by atoms with E-state index in [1.165, 1.54) is 15.9 Å². The zero-order valence-corrected chi connectivity index (χ0v) is 19.0. The molecule has 0 aliphatic heterocycles. The number of nitrogens with one attached hydrogen (secondary N) is 1. The number of hydrogen-bond donors (Lipinski definition) is 1. The summed E-state index contributed by atoms with van der Waals surface area (Å²) in [5.41, 5.74) is 2.97. The van der Waals surface area contributed by atoms with E-state index in [9.17, 15) is 9.59 Å². The van der Waals surface area contributed by atoms with E-state index in [2.05, 4.69) is 20.4 Å². The SMILES string of the molecule is Cc1cccc(NC(=O)COc2ccccc2/C=c2\sc3nc(-c4ccncc4)nn3c2=O)c1. The molecule has 1 amide bonds. The van der Waals surface area contributed by atoms with Crippen LogP contribution in [0.3, 0.4) is 0 Å². The van der Waals surface area contributed by atoms with Crippen LogP contribution in [0.5, 0.6) is 5.75 Å². The molecule has 5 aromatic rings. The zero-order chi connectivity index (χ0) is 23.5. The summed E-state index contributed by atoms with van der Waals surface area (Å²) >= 11 is 1.24. The molecule has 0 spiro atoms. The Morgan fingerprint density at radius 2 is 1.94 bits per heavy atom. The second-order valence-electron chi connectivity index (χ2n) is 7.53. The van der Waals surface area contributed by atoms with E-state index in [1.807, 2.05) is 49.4 Å². The number of fused-ring (bicyclic) bond motifs is 1. The van der Waals surface area contributed by atoms with Crippen LogP contribution in [0.25, 0.3) is 22.4 Å². The summed E-state index contributed by atoms with van der Waals surface area (Å²) in [7, 11) is 0. The molecule has 0 atom stereocenters. The van der Waals surface area contributed by atoms with Gasteiger partial charge < -0.3 is 10.1 Å². The highest BCUT2D eigenvalue weighted by atomic mass is 32.1. The van der Waals surface area contributed by atoms with Crippen LogP contribution >= 0.6 is 11.3 Å². The molecule has 0 unspecified atom stereocenters. The number of rotatable bonds is 6. The molecule has 0 radical (unpaired) electrons. The van der Waals surface area contributed by atoms with E-state index in [-0.39, 0.29) is 18.1 Å². The minimum absolute atomic E-state index is 0.159. The van der Waals surface area contributed by atoms with Crippen molar-refractivity contribution < 1.29 is 9.53 Å². The van der Waals surface area contributed by atoms with Crippen molar-refractivity contribution in [3.63, 3.8) is 0 Å². The van der Waals surface area contributed by atoms with E-state index in [0.717, 1.165) is 11.1 Å². The summed E-state index contributed by atoms with van der Waals surface area (Å²) in [5, 5.41) is 7.16. The second-order valence-corrected chi connectivity index (χ2v) is 8.53. The molecule has 34 heavy (non-hydrogen) atoms. The molecule has 2 aromatic carbocycles. The van der Waals surface area contributed by atoms with Crippen molar-refractivity contribution in [3.05, 3.63) is 99.1 Å². The Morgan fingerprint density at radius 1 is 1.12 bits per heavy atom. The van der Waals surface area contributed by atoms with E-state index < -0.39 is 0 Å². The summed E-state index contributed by atoms with van der Waals surface area (Å²) in [4.78, 5) is 34.2. The molecule has 8 nitrogen and oxygen atoms in total. The van der Waals surface area contributed by atoms with Gasteiger partial charge in [-0.15, -0.1) is 5.10 Å². The number of para-hydroxylation sites is 1. The average Bonchev–Trinajstić information content (AvgIpc) is 3.38. The predicted octanol–water partition coefficient (Wildman–Crippen LogP) is 3.09. The van der Waals surface area contributed by atoms with Crippen LogP contribution in [0.2, 0.25) is 0 Å². The molecule has 3 aromatic heterocycles. The van der Waals surface area contributed by atoms with Crippen molar-refractivity contribution in [2.75, 3.05) is 11.9 Å². The minimum atomic E-state index is -0.271. The summed E-state index contributed by atoms with van der Waals surface area (Å²) in [5.74, 6) is 0.700. The third-order valence-corrected chi connectivity index (χ3v) is 5.95. The molecule has 0 fully saturated rings. The Bertz CT molecular complexity index is 1590. The highest BCUT2D eigenvalue weighted by Gasteiger charge is 2.13. The topological polar surface area (TPSA) is 98.5 Å². The van der Waals surface area contributed by atoms with E-state index in [1.54, 1.807) is 36.7 Å². The lowest BCUT2D eigenvalue weighted by Gasteiger charge is -2.10. The molecule has 9 heteroatoms. The van der Waals surface area contributed by atoms with Crippen LogP contribution in [0.15, 0.2) is 77.9 Å². The van der Waals surface area contributed by atoms with Crippen molar-refractivity contribution in [2.45, 2.75) is 6.92 Å². The van der Waals surface area contributed by atoms with Gasteiger partial charge in [0.15, 0.2) is 12.4 Å². The van der Waals surface area contributed by atoms with Gasteiger partial charge in [-0.25, -0.2) is 0 Å². The molecule has 1 N–H and O–H groups in total. The fourth-order valence-electron chi connectivity index (χ4n) is 3.39. The van der Waals surface area contributed by atoms with Crippen LogP contribution in [0.1, 0.15) is 11.1 Å². The number of carbonyl (C=O) groups is 1. The minimum Gasteiger partial charge on any atom is -0.483 e. The molecule has 0 saturated heterocycles. The van der Waals surface area contributed by atoms with Crippen molar-refractivity contribution in [3.8, 4) is 17.1 Å². The molecule has 5 rings (SSSR count). The van der Waals surface area contributed by atoms with Gasteiger partial charge >= 0.3 is 0 Å². The summed E-state index contributed by atoms with van der Waals surface area (Å²) in [6.07, 6.45) is 5.03. The zero-order valence-electron chi connectivity index (χ0n) is 18.1. The van der Waals surface area contributed by atoms with Gasteiger partial charge in [0, 0.05) is 29.2 Å². The first-order valence-corrected chi connectivity index (χ1v) is 11.3. The van der Waals surface area contributed by atoms with Gasteiger partial charge in [-0.2, -0.15) is 9.50 Å². The number of pyridine rings is 1. The highest BCUT2D eigenvalue weighted by Crippen LogP contribution is 2.20. The molecular weight excluding hydrogens is 450 g/mol. The number of benzene rings is 2. The fraction of sp³-hybridized carbons (Fsp3) is 0.0800. The number of carbonyl (C=O) groups excluding carboxylic acids is 1. The van der Waals surface area contributed by atoms with Gasteiger partial charge in [0.05, 0.1) is 4.53 Å². The number of aryl methyl sites for hydroxylation is 1. The third kappa shape index (κ3) is 4.55. The summed E-state index contributed by atoms with van der Waals surface area (Å²) in [6.45, 7) is 1.80. The largest absolute Gasteiger partial charge is 0.483 e. The third-order valence-electron chi connectivity index (χ3n) is 4.99. The first kappa shape index (κ1) is 21.5. The lowest BCUT2D eigenvalue weighted by Crippen LogP contribution is -2.24. The van der Waals surface area contributed by atoms with Crippen LogP contribution in [0.4, 0.5) is 5.69 Å². The number of ether oxygens (including phenoxy) is 1. The van der Waals surface area contributed by atoms with Gasteiger partial charge in [-0.3, -0.25) is 14.6 Å². The Labute approximate surface area is 198 Å². The fourth-order valence-corrected chi connectivity index (χ4v) is 4.29. The van der Waals surface area contributed by atoms with Crippen molar-refractivity contribution in [2.24, 2.45) is 0 Å². The number of thiazole rings is 1. The van der Waals surface area contributed by atoms with E-state index in [4.69, 9.17) is 4.74 Å². The van der Waals surface area contributed by atoms with Crippen LogP contribution in [-0.4, -0.2) is 32.1 Å². The van der Waals surface area contributed by atoms with E-state index >= 15 is 0 Å². The van der Waals surface area contributed by atoms with E-state index in [0.29, 0.717) is 32.3 Å². The second kappa shape index (κ2) is 9.24. The van der Waals surface area contributed by atoms with Crippen molar-refractivity contribution in [1.82, 2.24) is 19.6 Å². The summed E-state index contributed by atoms with van der Waals surface area (Å²) < 4.78 is 7.53. The normalized spacial score (nSPS) is 11.6. The van der Waals surface area contributed by atoms with Gasteiger partial charge in [-0.05, 0) is 48.9 Å². The van der Waals surface area contributed by atoms with Crippen molar-refractivity contribution >= 4 is 34.0 Å². The molecule has 0 bridgehead atoms. The highest BCUT2D eigenvalue weighted by molar-refractivity contribution is 7.15. The lowest BCUT2D eigenvalue weighted by molar-refractivity contribution is -0.118. The number of hydrogen-bond acceptors (Lipinski definition) is 7. The molecule has 0 aliphatic carbocycles. The number of anilines is 1. The van der Waals surface area contributed by atoms with Crippen molar-refractivity contribution in [1.29, 1.82) is 0 Å². The predicted molar refractivity (Wildman–Crippen MR) is 131 cm³/mol. The molecule has 0 aliphatic rings. The Morgan fingerprint density at radius 3 is 2.74 bits per heavy atom. The monoisotopic (exact) mass is 469 g/mol. The van der Waals surface area contributed by atoms with Crippen LogP contribution in [-0.2, 0) is 4.79 Å². The maximum atomic E-state index is 12.9. The van der Waals surface area contributed by atoms with Gasteiger partial charge in [0.25, 0.3) is 11.5 Å². The smallest absolute Gasteiger partial charge is 0.291 e. The summed E-state index contributed by atoms with van der Waals surface area (Å²) in [6, 6.07) is 18.4. The van der Waals surface area contributed by atoms with Gasteiger partial charge in [0.1, 0.15) is 5.75 Å². The van der Waals surface area contributed by atoms with Crippen LogP contribution < -0.4 is 20.1 Å². The van der Waals surface area contributed by atoms with Gasteiger partial charge in [0.2, 0.25) is 4.96 Å². The Kier molecular flexibility index (Phi) is 5.84. The molecular formula is C25H19N5O3S. The standard InChI is InChI=1S/C25H19N5O3S/c1-16-5-4-7-19(13-16)27-22(31)15-33-20-8-3-2-6-18(20)14-21-24(32)30-25(34-21)28-23(29-30)17-9-11-26-12-10-17/h2-14H,15H2,1H3,(H,27,31)/b21-14-. The average molecular weight is 470 g/mol. The van der Waals surface area contributed by atoms with Gasteiger partial charge in [-0.1, -0.05) is 41.7 Å².